The van der Waals surface area contributed by atoms with Gasteiger partial charge in [0.25, 0.3) is 0 Å². The molecule has 3 nitrogen and oxygen atoms in total. The first kappa shape index (κ1) is 12.6. The summed E-state index contributed by atoms with van der Waals surface area (Å²) in [5.41, 5.74) is 6.47. The maximum atomic E-state index is 4.69. The topological polar surface area (TPSA) is 37.8 Å². The van der Waals surface area contributed by atoms with Crippen molar-refractivity contribution in [3.05, 3.63) is 40.7 Å². The van der Waals surface area contributed by atoms with E-state index in [0.29, 0.717) is 0 Å². The highest BCUT2D eigenvalue weighted by molar-refractivity contribution is 5.74. The molecule has 0 saturated heterocycles. The number of aromatic nitrogens is 2. The monoisotopic (exact) mass is 241 g/mol. The van der Waals surface area contributed by atoms with Gasteiger partial charge in [-0.15, -0.1) is 0 Å². The van der Waals surface area contributed by atoms with E-state index in [9.17, 15) is 0 Å². The van der Waals surface area contributed by atoms with Gasteiger partial charge in [-0.3, -0.25) is 0 Å². The fourth-order valence-electron chi connectivity index (χ4n) is 1.96. The van der Waals surface area contributed by atoms with E-state index in [2.05, 4.69) is 42.3 Å². The van der Waals surface area contributed by atoms with Crippen LogP contribution >= 0.6 is 0 Å². The third-order valence-corrected chi connectivity index (χ3v) is 3.19. The average molecular weight is 241 g/mol. The van der Waals surface area contributed by atoms with E-state index in [1.807, 2.05) is 20.9 Å². The largest absolute Gasteiger partial charge is 0.371 e. The van der Waals surface area contributed by atoms with Crippen LogP contribution in [0.2, 0.25) is 0 Å². The molecule has 0 atom stereocenters. The molecule has 94 valence electrons. The number of hydrogen-bond donors (Lipinski definition) is 1. The molecule has 0 saturated carbocycles. The molecule has 0 aliphatic carbocycles. The lowest BCUT2D eigenvalue weighted by molar-refractivity contribution is 1.05. The van der Waals surface area contributed by atoms with Crippen molar-refractivity contribution in [2.75, 3.05) is 12.4 Å². The molecular formula is C15H19N3. The molecule has 1 heterocycles. The van der Waals surface area contributed by atoms with Gasteiger partial charge in [0.15, 0.2) is 5.82 Å². The van der Waals surface area contributed by atoms with Gasteiger partial charge in [-0.2, -0.15) is 0 Å². The van der Waals surface area contributed by atoms with E-state index < -0.39 is 0 Å². The highest BCUT2D eigenvalue weighted by Crippen LogP contribution is 2.28. The average Bonchev–Trinajstić information content (AvgIpc) is 2.35. The second kappa shape index (κ2) is 4.77. The van der Waals surface area contributed by atoms with Crippen LogP contribution in [0.4, 0.5) is 5.82 Å². The lowest BCUT2D eigenvalue weighted by atomic mass is 10.0. The van der Waals surface area contributed by atoms with Gasteiger partial charge >= 0.3 is 0 Å². The fraction of sp³-hybridized carbons (Fsp3) is 0.333. The van der Waals surface area contributed by atoms with Crippen LogP contribution in [0.25, 0.3) is 11.3 Å². The number of benzene rings is 1. The Morgan fingerprint density at radius 2 is 1.61 bits per heavy atom. The van der Waals surface area contributed by atoms with Crippen molar-refractivity contribution in [1.82, 2.24) is 9.97 Å². The minimum absolute atomic E-state index is 0.840. The molecule has 1 aromatic heterocycles. The minimum Gasteiger partial charge on any atom is -0.371 e. The van der Waals surface area contributed by atoms with Crippen LogP contribution in [0.3, 0.4) is 0 Å². The Balaban J connectivity index is 2.69. The maximum Gasteiger partial charge on any atom is 0.152 e. The molecule has 0 spiro atoms. The van der Waals surface area contributed by atoms with Crippen LogP contribution in [0, 0.1) is 27.7 Å². The first-order chi connectivity index (χ1) is 8.52. The van der Waals surface area contributed by atoms with E-state index >= 15 is 0 Å². The Morgan fingerprint density at radius 3 is 2.28 bits per heavy atom. The van der Waals surface area contributed by atoms with Crippen LogP contribution in [-0.4, -0.2) is 17.0 Å². The van der Waals surface area contributed by atoms with Crippen molar-refractivity contribution < 1.29 is 0 Å². The zero-order chi connectivity index (χ0) is 13.3. The van der Waals surface area contributed by atoms with Gasteiger partial charge in [0.2, 0.25) is 0 Å². The predicted molar refractivity (Wildman–Crippen MR) is 76.0 cm³/mol. The summed E-state index contributed by atoms with van der Waals surface area (Å²) >= 11 is 0. The SMILES string of the molecule is CNc1nc(C)c(C)nc1-c1cc(C)ccc1C. The molecule has 2 aromatic rings. The molecule has 2 rings (SSSR count). The molecule has 0 radical (unpaired) electrons. The Morgan fingerprint density at radius 1 is 0.944 bits per heavy atom. The third kappa shape index (κ3) is 2.21. The number of anilines is 1. The van der Waals surface area contributed by atoms with Crippen LogP contribution in [0.1, 0.15) is 22.5 Å². The summed E-state index contributed by atoms with van der Waals surface area (Å²) in [6.45, 7) is 8.17. The van der Waals surface area contributed by atoms with E-state index in [-0.39, 0.29) is 0 Å². The summed E-state index contributed by atoms with van der Waals surface area (Å²) in [5, 5.41) is 3.14. The summed E-state index contributed by atoms with van der Waals surface area (Å²) in [6, 6.07) is 6.41. The van der Waals surface area contributed by atoms with Gasteiger partial charge < -0.3 is 5.32 Å². The maximum absolute atomic E-state index is 4.69. The Bertz CT molecular complexity index is 589. The van der Waals surface area contributed by atoms with Crippen LogP contribution in [-0.2, 0) is 0 Å². The molecule has 0 bridgehead atoms. The van der Waals surface area contributed by atoms with Crippen molar-refractivity contribution in [3.8, 4) is 11.3 Å². The zero-order valence-electron chi connectivity index (χ0n) is 11.6. The molecule has 1 N–H and O–H groups in total. The van der Waals surface area contributed by atoms with Crippen molar-refractivity contribution in [1.29, 1.82) is 0 Å². The molecule has 1 aromatic carbocycles. The summed E-state index contributed by atoms with van der Waals surface area (Å²) in [4.78, 5) is 9.26. The normalized spacial score (nSPS) is 10.5. The van der Waals surface area contributed by atoms with Crippen molar-refractivity contribution >= 4 is 5.82 Å². The Hall–Kier alpha value is -1.90. The van der Waals surface area contributed by atoms with Crippen LogP contribution < -0.4 is 5.32 Å². The van der Waals surface area contributed by atoms with E-state index in [1.165, 1.54) is 11.1 Å². The van der Waals surface area contributed by atoms with E-state index in [4.69, 9.17) is 4.98 Å². The first-order valence-electron chi connectivity index (χ1n) is 6.13. The Labute approximate surface area is 108 Å². The molecule has 3 heteroatoms. The third-order valence-electron chi connectivity index (χ3n) is 3.19. The summed E-state index contributed by atoms with van der Waals surface area (Å²) in [5.74, 6) is 0.840. The second-order valence-corrected chi connectivity index (χ2v) is 4.66. The summed E-state index contributed by atoms with van der Waals surface area (Å²) in [7, 11) is 1.88. The second-order valence-electron chi connectivity index (χ2n) is 4.66. The molecule has 0 aliphatic rings. The molecule has 0 unspecified atom stereocenters. The van der Waals surface area contributed by atoms with Gasteiger partial charge in [-0.1, -0.05) is 17.7 Å². The summed E-state index contributed by atoms with van der Waals surface area (Å²) < 4.78 is 0. The van der Waals surface area contributed by atoms with Gasteiger partial charge in [0, 0.05) is 12.6 Å². The number of aryl methyl sites for hydroxylation is 4. The number of hydrogen-bond acceptors (Lipinski definition) is 3. The molecular weight excluding hydrogens is 222 g/mol. The molecule has 0 amide bonds. The van der Waals surface area contributed by atoms with Crippen LogP contribution in [0.5, 0.6) is 0 Å². The molecule has 18 heavy (non-hydrogen) atoms. The van der Waals surface area contributed by atoms with Gasteiger partial charge in [0.05, 0.1) is 11.4 Å². The van der Waals surface area contributed by atoms with Gasteiger partial charge in [0.1, 0.15) is 5.69 Å². The lowest BCUT2D eigenvalue weighted by Gasteiger charge is -2.13. The van der Waals surface area contributed by atoms with Crippen LogP contribution in [0.15, 0.2) is 18.2 Å². The van der Waals surface area contributed by atoms with Gasteiger partial charge in [-0.25, -0.2) is 9.97 Å². The standard InChI is InChI=1S/C15H19N3/c1-9-6-7-10(2)13(8-9)14-15(16-5)18-12(4)11(3)17-14/h6-8H,1-5H3,(H,16,18). The Kier molecular flexibility index (Phi) is 3.32. The number of rotatable bonds is 2. The number of nitrogens with zero attached hydrogens (tertiary/aromatic N) is 2. The number of nitrogens with one attached hydrogen (secondary N) is 1. The van der Waals surface area contributed by atoms with Crippen molar-refractivity contribution in [3.63, 3.8) is 0 Å². The molecule has 0 fully saturated rings. The fourth-order valence-corrected chi connectivity index (χ4v) is 1.96. The van der Waals surface area contributed by atoms with E-state index in [0.717, 1.165) is 28.5 Å². The van der Waals surface area contributed by atoms with Crippen molar-refractivity contribution in [2.24, 2.45) is 0 Å². The van der Waals surface area contributed by atoms with Crippen molar-refractivity contribution in [2.45, 2.75) is 27.7 Å². The van der Waals surface area contributed by atoms with E-state index in [1.54, 1.807) is 0 Å². The predicted octanol–water partition coefficient (Wildman–Crippen LogP) is 3.42. The smallest absolute Gasteiger partial charge is 0.152 e. The molecule has 0 aliphatic heterocycles. The minimum atomic E-state index is 0.840. The first-order valence-corrected chi connectivity index (χ1v) is 6.13. The summed E-state index contributed by atoms with van der Waals surface area (Å²) in [6.07, 6.45) is 0. The van der Waals surface area contributed by atoms with Gasteiger partial charge in [-0.05, 0) is 39.3 Å². The highest BCUT2D eigenvalue weighted by Gasteiger charge is 2.12. The lowest BCUT2D eigenvalue weighted by Crippen LogP contribution is -2.03. The highest BCUT2D eigenvalue weighted by atomic mass is 15.0. The quantitative estimate of drug-likeness (QED) is 0.875. The zero-order valence-corrected chi connectivity index (χ0v) is 11.6.